The fourth-order valence-electron chi connectivity index (χ4n) is 2.61. The number of aromatic nitrogens is 5. The van der Waals surface area contributed by atoms with Crippen molar-refractivity contribution < 1.29 is 4.79 Å². The first-order chi connectivity index (χ1) is 14.1. The molecule has 29 heavy (non-hydrogen) atoms. The lowest BCUT2D eigenvalue weighted by molar-refractivity contribution is 0.102. The van der Waals surface area contributed by atoms with Gasteiger partial charge in [-0.05, 0) is 42.2 Å². The van der Waals surface area contributed by atoms with Crippen molar-refractivity contribution in [2.24, 2.45) is 0 Å². The molecule has 2 aromatic carbocycles. The van der Waals surface area contributed by atoms with Crippen LogP contribution >= 0.6 is 34.7 Å². The molecule has 0 fully saturated rings. The van der Waals surface area contributed by atoms with Crippen LogP contribution in [-0.2, 0) is 0 Å². The van der Waals surface area contributed by atoms with Gasteiger partial charge in [0.05, 0.1) is 17.6 Å². The number of carbonyl (C=O) groups excluding carboxylic acids is 1. The third-order valence-electron chi connectivity index (χ3n) is 3.96. The van der Waals surface area contributed by atoms with Crippen molar-refractivity contribution in [3.63, 3.8) is 0 Å². The molecule has 0 saturated heterocycles. The van der Waals surface area contributed by atoms with Gasteiger partial charge in [0.15, 0.2) is 4.34 Å². The van der Waals surface area contributed by atoms with Crippen molar-refractivity contribution in [1.82, 2.24) is 25.2 Å². The third-order valence-corrected chi connectivity index (χ3v) is 6.06. The minimum atomic E-state index is -0.239. The minimum absolute atomic E-state index is 0.239. The van der Waals surface area contributed by atoms with E-state index in [0.717, 1.165) is 27.0 Å². The van der Waals surface area contributed by atoms with Gasteiger partial charge in [-0.15, -0.1) is 15.3 Å². The van der Waals surface area contributed by atoms with Crippen molar-refractivity contribution >= 4 is 45.7 Å². The van der Waals surface area contributed by atoms with E-state index in [0.29, 0.717) is 15.7 Å². The van der Waals surface area contributed by atoms with Crippen molar-refractivity contribution in [3.05, 3.63) is 65.3 Å². The van der Waals surface area contributed by atoms with Crippen LogP contribution in [0.25, 0.3) is 16.9 Å². The number of halogens is 1. The number of hydrogen-bond acceptors (Lipinski definition) is 7. The summed E-state index contributed by atoms with van der Waals surface area (Å²) in [5.74, 6) is 0.668. The number of amides is 1. The first-order valence-corrected chi connectivity index (χ1v) is 10.9. The van der Waals surface area contributed by atoms with Crippen LogP contribution in [0.1, 0.15) is 17.3 Å². The summed E-state index contributed by atoms with van der Waals surface area (Å²) in [7, 11) is 0. The predicted molar refractivity (Wildman–Crippen MR) is 116 cm³/mol. The SMILES string of the molecule is CCSc1nnc(NC(=O)c2ccc(-n3nncc3-c3ccc(Cl)cc3)cc2)s1. The standard InChI is InChI=1S/C19H15ClN6OS2/c1-2-28-19-24-23-18(29-19)22-17(27)13-5-9-15(10-6-13)26-16(11-21-25-26)12-3-7-14(20)8-4-12/h3-11H,2H2,1H3,(H,22,23,27). The maximum atomic E-state index is 12.5. The summed E-state index contributed by atoms with van der Waals surface area (Å²) in [5, 5.41) is 20.1. The highest BCUT2D eigenvalue weighted by Gasteiger charge is 2.12. The summed E-state index contributed by atoms with van der Waals surface area (Å²) in [6.07, 6.45) is 1.69. The zero-order valence-corrected chi connectivity index (χ0v) is 17.6. The average Bonchev–Trinajstić information content (AvgIpc) is 3.39. The maximum Gasteiger partial charge on any atom is 0.257 e. The van der Waals surface area contributed by atoms with E-state index in [1.807, 2.05) is 43.3 Å². The van der Waals surface area contributed by atoms with Crippen molar-refractivity contribution in [2.45, 2.75) is 11.3 Å². The minimum Gasteiger partial charge on any atom is -0.296 e. The van der Waals surface area contributed by atoms with E-state index >= 15 is 0 Å². The van der Waals surface area contributed by atoms with E-state index < -0.39 is 0 Å². The Morgan fingerprint density at radius 1 is 1.14 bits per heavy atom. The van der Waals surface area contributed by atoms with E-state index in [1.165, 1.54) is 11.3 Å². The fourth-order valence-corrected chi connectivity index (χ4v) is 4.38. The zero-order chi connectivity index (χ0) is 20.2. The second-order valence-corrected chi connectivity index (χ2v) is 8.77. The molecular formula is C19H15ClN6OS2. The van der Waals surface area contributed by atoms with Crippen molar-refractivity contribution in [1.29, 1.82) is 0 Å². The Bertz CT molecular complexity index is 1120. The van der Waals surface area contributed by atoms with Crippen LogP contribution in [0.2, 0.25) is 5.02 Å². The maximum absolute atomic E-state index is 12.5. The molecule has 0 radical (unpaired) electrons. The van der Waals surface area contributed by atoms with Gasteiger partial charge in [0, 0.05) is 16.1 Å². The third kappa shape index (κ3) is 4.47. The number of nitrogens with one attached hydrogen (secondary N) is 1. The number of anilines is 1. The highest BCUT2D eigenvalue weighted by Crippen LogP contribution is 2.26. The molecule has 4 rings (SSSR count). The van der Waals surface area contributed by atoms with Gasteiger partial charge in [0.2, 0.25) is 5.13 Å². The van der Waals surface area contributed by atoms with Crippen LogP contribution in [0.3, 0.4) is 0 Å². The number of hydrogen-bond donors (Lipinski definition) is 1. The van der Waals surface area contributed by atoms with Gasteiger partial charge >= 0.3 is 0 Å². The first-order valence-electron chi connectivity index (χ1n) is 8.69. The summed E-state index contributed by atoms with van der Waals surface area (Å²) >= 11 is 8.92. The Hall–Kier alpha value is -2.75. The molecule has 2 aromatic heterocycles. The van der Waals surface area contributed by atoms with Gasteiger partial charge in [-0.3, -0.25) is 10.1 Å². The second kappa shape index (κ2) is 8.73. The van der Waals surface area contributed by atoms with Crippen LogP contribution in [0.5, 0.6) is 0 Å². The van der Waals surface area contributed by atoms with E-state index in [9.17, 15) is 4.79 Å². The number of benzene rings is 2. The Kier molecular flexibility index (Phi) is 5.89. The van der Waals surface area contributed by atoms with Crippen LogP contribution in [-0.4, -0.2) is 36.9 Å². The summed E-state index contributed by atoms with van der Waals surface area (Å²) in [4.78, 5) is 12.5. The van der Waals surface area contributed by atoms with Crippen LogP contribution in [0, 0.1) is 0 Å². The number of rotatable bonds is 6. The van der Waals surface area contributed by atoms with Gasteiger partial charge in [-0.1, -0.05) is 59.0 Å². The molecule has 0 atom stereocenters. The normalized spacial score (nSPS) is 10.8. The van der Waals surface area contributed by atoms with E-state index in [2.05, 4.69) is 25.8 Å². The second-order valence-electron chi connectivity index (χ2n) is 5.85. The molecule has 0 spiro atoms. The molecule has 146 valence electrons. The first kappa shape index (κ1) is 19.6. The Labute approximate surface area is 180 Å². The molecule has 0 saturated carbocycles. The zero-order valence-electron chi connectivity index (χ0n) is 15.2. The number of nitrogens with zero attached hydrogens (tertiary/aromatic N) is 5. The monoisotopic (exact) mass is 442 g/mol. The number of carbonyl (C=O) groups is 1. The molecule has 1 N–H and O–H groups in total. The summed E-state index contributed by atoms with van der Waals surface area (Å²) < 4.78 is 2.54. The smallest absolute Gasteiger partial charge is 0.257 e. The lowest BCUT2D eigenvalue weighted by Gasteiger charge is -2.07. The Morgan fingerprint density at radius 3 is 2.62 bits per heavy atom. The Balaban J connectivity index is 1.51. The van der Waals surface area contributed by atoms with Gasteiger partial charge < -0.3 is 0 Å². The predicted octanol–water partition coefficient (Wildman–Crippen LogP) is 4.80. The van der Waals surface area contributed by atoms with Crippen LogP contribution in [0.15, 0.2) is 59.1 Å². The molecule has 0 aliphatic rings. The van der Waals surface area contributed by atoms with Gasteiger partial charge in [0.25, 0.3) is 5.91 Å². The van der Waals surface area contributed by atoms with Crippen LogP contribution in [0.4, 0.5) is 5.13 Å². The molecule has 0 unspecified atom stereocenters. The van der Waals surface area contributed by atoms with Crippen LogP contribution < -0.4 is 5.32 Å². The van der Waals surface area contributed by atoms with Crippen molar-refractivity contribution in [3.8, 4) is 16.9 Å². The van der Waals surface area contributed by atoms with E-state index in [-0.39, 0.29) is 5.91 Å². The topological polar surface area (TPSA) is 85.6 Å². The largest absolute Gasteiger partial charge is 0.296 e. The summed E-state index contributed by atoms with van der Waals surface area (Å²) in [6, 6.07) is 14.6. The molecule has 10 heteroatoms. The van der Waals surface area contributed by atoms with E-state index in [4.69, 9.17) is 11.6 Å². The molecular weight excluding hydrogens is 428 g/mol. The lowest BCUT2D eigenvalue weighted by atomic mass is 10.1. The fraction of sp³-hybridized carbons (Fsp3) is 0.105. The van der Waals surface area contributed by atoms with E-state index in [1.54, 1.807) is 34.8 Å². The molecule has 4 aromatic rings. The molecule has 0 aliphatic carbocycles. The molecule has 0 aliphatic heterocycles. The summed E-state index contributed by atoms with van der Waals surface area (Å²) in [6.45, 7) is 2.04. The van der Waals surface area contributed by atoms with Gasteiger partial charge in [-0.25, -0.2) is 4.68 Å². The molecule has 7 nitrogen and oxygen atoms in total. The Morgan fingerprint density at radius 2 is 1.90 bits per heavy atom. The highest BCUT2D eigenvalue weighted by atomic mass is 35.5. The quantitative estimate of drug-likeness (QED) is 0.341. The summed E-state index contributed by atoms with van der Waals surface area (Å²) in [5.41, 5.74) is 3.08. The lowest BCUT2D eigenvalue weighted by Crippen LogP contribution is -2.12. The van der Waals surface area contributed by atoms with Gasteiger partial charge in [-0.2, -0.15) is 0 Å². The number of thioether (sulfide) groups is 1. The van der Waals surface area contributed by atoms with Crippen molar-refractivity contribution in [2.75, 3.05) is 11.1 Å². The molecule has 0 bridgehead atoms. The highest BCUT2D eigenvalue weighted by molar-refractivity contribution is 8.01. The van der Waals surface area contributed by atoms with Gasteiger partial charge in [0.1, 0.15) is 0 Å². The molecule has 2 heterocycles. The molecule has 1 amide bonds. The average molecular weight is 443 g/mol.